The standard InChI is InChI=1S/C18H23N3O6/c1-13(17(22)20-6-2-3-7-20)27-18(23)14-4-5-15(16(12-14)21(24)25)19-8-10-26-11-9-19/h4-5,12-13H,2-3,6-11H2,1H3/t13-/m0/s1. The molecule has 9 nitrogen and oxygen atoms in total. The van der Waals surface area contributed by atoms with Gasteiger partial charge in [0.1, 0.15) is 5.69 Å². The number of amides is 1. The average molecular weight is 377 g/mol. The van der Waals surface area contributed by atoms with Crippen molar-refractivity contribution in [3.63, 3.8) is 0 Å². The molecule has 2 heterocycles. The van der Waals surface area contributed by atoms with Crippen molar-refractivity contribution >= 4 is 23.3 Å². The number of nitrogens with zero attached hydrogens (tertiary/aromatic N) is 3. The smallest absolute Gasteiger partial charge is 0.339 e. The molecule has 0 radical (unpaired) electrons. The highest BCUT2D eigenvalue weighted by atomic mass is 16.6. The summed E-state index contributed by atoms with van der Waals surface area (Å²) in [6.45, 7) is 4.95. The van der Waals surface area contributed by atoms with Crippen molar-refractivity contribution in [2.45, 2.75) is 25.9 Å². The molecule has 0 N–H and O–H groups in total. The van der Waals surface area contributed by atoms with E-state index in [1.54, 1.807) is 11.0 Å². The number of hydrogen-bond donors (Lipinski definition) is 0. The maximum atomic E-state index is 12.4. The molecule has 1 atom stereocenters. The molecule has 2 fully saturated rings. The van der Waals surface area contributed by atoms with Crippen LogP contribution in [0.25, 0.3) is 0 Å². The zero-order chi connectivity index (χ0) is 19.4. The van der Waals surface area contributed by atoms with Crippen molar-refractivity contribution in [1.29, 1.82) is 0 Å². The van der Waals surface area contributed by atoms with Gasteiger partial charge in [0.25, 0.3) is 11.6 Å². The van der Waals surface area contributed by atoms with E-state index >= 15 is 0 Å². The molecule has 146 valence electrons. The Labute approximate surface area is 157 Å². The van der Waals surface area contributed by atoms with Gasteiger partial charge in [0.2, 0.25) is 0 Å². The first-order valence-corrected chi connectivity index (χ1v) is 9.08. The van der Waals surface area contributed by atoms with E-state index < -0.39 is 17.0 Å². The summed E-state index contributed by atoms with van der Waals surface area (Å²) in [6.07, 6.45) is 0.969. The molecule has 0 unspecified atom stereocenters. The highest BCUT2D eigenvalue weighted by Gasteiger charge is 2.28. The van der Waals surface area contributed by atoms with E-state index in [1.165, 1.54) is 19.1 Å². The van der Waals surface area contributed by atoms with E-state index in [9.17, 15) is 19.7 Å². The second-order valence-corrected chi connectivity index (χ2v) is 6.64. The predicted molar refractivity (Wildman–Crippen MR) is 96.8 cm³/mol. The number of nitro benzene ring substituents is 1. The molecule has 0 bridgehead atoms. The van der Waals surface area contributed by atoms with Gasteiger partial charge >= 0.3 is 5.97 Å². The Morgan fingerprint density at radius 2 is 1.85 bits per heavy atom. The van der Waals surface area contributed by atoms with Gasteiger partial charge in [-0.3, -0.25) is 14.9 Å². The summed E-state index contributed by atoms with van der Waals surface area (Å²) < 4.78 is 10.5. The first kappa shape index (κ1) is 19.1. The second kappa shape index (κ2) is 8.34. The summed E-state index contributed by atoms with van der Waals surface area (Å²) >= 11 is 0. The summed E-state index contributed by atoms with van der Waals surface area (Å²) in [4.78, 5) is 39.1. The maximum Gasteiger partial charge on any atom is 0.339 e. The van der Waals surface area contributed by atoms with E-state index in [1.807, 2.05) is 4.90 Å². The third-order valence-corrected chi connectivity index (χ3v) is 4.81. The molecule has 27 heavy (non-hydrogen) atoms. The lowest BCUT2D eigenvalue weighted by atomic mass is 10.1. The zero-order valence-electron chi connectivity index (χ0n) is 15.3. The lowest BCUT2D eigenvalue weighted by molar-refractivity contribution is -0.384. The number of nitro groups is 1. The van der Waals surface area contributed by atoms with Crippen molar-refractivity contribution in [2.24, 2.45) is 0 Å². The van der Waals surface area contributed by atoms with Gasteiger partial charge in [0.05, 0.1) is 23.7 Å². The minimum absolute atomic E-state index is 0.0554. The van der Waals surface area contributed by atoms with E-state index in [0.29, 0.717) is 45.1 Å². The fourth-order valence-corrected chi connectivity index (χ4v) is 3.34. The molecule has 3 rings (SSSR count). The van der Waals surface area contributed by atoms with E-state index in [0.717, 1.165) is 12.8 Å². The molecule has 2 aliphatic rings. The highest BCUT2D eigenvalue weighted by molar-refractivity contribution is 5.93. The third-order valence-electron chi connectivity index (χ3n) is 4.81. The van der Waals surface area contributed by atoms with Crippen molar-refractivity contribution in [1.82, 2.24) is 4.90 Å². The fraction of sp³-hybridized carbons (Fsp3) is 0.556. The number of hydrogen-bond acceptors (Lipinski definition) is 7. The number of rotatable bonds is 5. The van der Waals surface area contributed by atoms with Crippen LogP contribution in [0.15, 0.2) is 18.2 Å². The number of benzene rings is 1. The molecule has 0 aromatic heterocycles. The van der Waals surface area contributed by atoms with Gasteiger partial charge in [-0.05, 0) is 31.9 Å². The number of ether oxygens (including phenoxy) is 2. The SMILES string of the molecule is C[C@H](OC(=O)c1ccc(N2CCOCC2)c([N+](=O)[O-])c1)C(=O)N1CCCC1. The monoisotopic (exact) mass is 377 g/mol. The van der Waals surface area contributed by atoms with E-state index in [4.69, 9.17) is 9.47 Å². The Morgan fingerprint density at radius 1 is 1.19 bits per heavy atom. The molecule has 0 aliphatic carbocycles. The molecular weight excluding hydrogens is 354 g/mol. The van der Waals surface area contributed by atoms with Crippen LogP contribution in [0.5, 0.6) is 0 Å². The van der Waals surface area contributed by atoms with Gasteiger partial charge in [-0.1, -0.05) is 0 Å². The summed E-state index contributed by atoms with van der Waals surface area (Å²) in [6, 6.07) is 4.25. The Balaban J connectivity index is 1.73. The second-order valence-electron chi connectivity index (χ2n) is 6.64. The molecule has 2 saturated heterocycles. The number of carbonyl (C=O) groups is 2. The van der Waals surface area contributed by atoms with Crippen LogP contribution in [0.2, 0.25) is 0 Å². The maximum absolute atomic E-state index is 12.4. The number of anilines is 1. The summed E-state index contributed by atoms with van der Waals surface area (Å²) in [5.41, 5.74) is 0.339. The normalized spacial score (nSPS) is 18.3. The van der Waals surface area contributed by atoms with Gasteiger partial charge < -0.3 is 19.3 Å². The highest BCUT2D eigenvalue weighted by Crippen LogP contribution is 2.30. The lowest BCUT2D eigenvalue weighted by Crippen LogP contribution is -2.38. The van der Waals surface area contributed by atoms with E-state index in [2.05, 4.69) is 0 Å². The lowest BCUT2D eigenvalue weighted by Gasteiger charge is -2.28. The van der Waals surface area contributed by atoms with Crippen molar-refractivity contribution in [3.8, 4) is 0 Å². The van der Waals surface area contributed by atoms with Crippen LogP contribution in [0.1, 0.15) is 30.1 Å². The van der Waals surface area contributed by atoms with Crippen LogP contribution < -0.4 is 4.90 Å². The fourth-order valence-electron chi connectivity index (χ4n) is 3.34. The number of likely N-dealkylation sites (tertiary alicyclic amines) is 1. The van der Waals surface area contributed by atoms with E-state index in [-0.39, 0.29) is 17.2 Å². The van der Waals surface area contributed by atoms with Gasteiger partial charge in [-0.2, -0.15) is 0 Å². The molecule has 1 amide bonds. The Kier molecular flexibility index (Phi) is 5.90. The molecule has 1 aromatic carbocycles. The number of esters is 1. The first-order chi connectivity index (χ1) is 13.0. The van der Waals surface area contributed by atoms with Crippen LogP contribution in [0.4, 0.5) is 11.4 Å². The van der Waals surface area contributed by atoms with Crippen LogP contribution in [-0.2, 0) is 14.3 Å². The summed E-state index contributed by atoms with van der Waals surface area (Å²) in [7, 11) is 0. The topological polar surface area (TPSA) is 102 Å². The zero-order valence-corrected chi connectivity index (χ0v) is 15.3. The van der Waals surface area contributed by atoms with Gasteiger partial charge in [0.15, 0.2) is 6.10 Å². The number of carbonyl (C=O) groups excluding carboxylic acids is 2. The first-order valence-electron chi connectivity index (χ1n) is 9.08. The van der Waals surface area contributed by atoms with Crippen molar-refractivity contribution in [3.05, 3.63) is 33.9 Å². The third kappa shape index (κ3) is 4.36. The van der Waals surface area contributed by atoms with Gasteiger partial charge in [-0.25, -0.2) is 4.79 Å². The average Bonchev–Trinajstić information content (AvgIpc) is 3.22. The summed E-state index contributed by atoms with van der Waals surface area (Å²) in [5, 5.41) is 11.5. The van der Waals surface area contributed by atoms with Gasteiger partial charge in [-0.15, -0.1) is 0 Å². The van der Waals surface area contributed by atoms with Crippen LogP contribution in [0, 0.1) is 10.1 Å². The quantitative estimate of drug-likeness (QED) is 0.436. The molecule has 0 saturated carbocycles. The van der Waals surface area contributed by atoms with Crippen molar-refractivity contribution < 1.29 is 24.0 Å². The Morgan fingerprint density at radius 3 is 2.48 bits per heavy atom. The Hall–Kier alpha value is -2.68. The summed E-state index contributed by atoms with van der Waals surface area (Å²) in [5.74, 6) is -0.980. The Bertz CT molecular complexity index is 726. The van der Waals surface area contributed by atoms with Crippen LogP contribution >= 0.6 is 0 Å². The van der Waals surface area contributed by atoms with Gasteiger partial charge in [0, 0.05) is 32.2 Å². The molecule has 1 aromatic rings. The minimum Gasteiger partial charge on any atom is -0.449 e. The molecule has 0 spiro atoms. The molecule has 9 heteroatoms. The molecular formula is C18H23N3O6. The van der Waals surface area contributed by atoms with Crippen LogP contribution in [-0.4, -0.2) is 67.2 Å². The predicted octanol–water partition coefficient (Wildman–Crippen LogP) is 1.60. The minimum atomic E-state index is -0.923. The molecule has 2 aliphatic heterocycles. The number of morpholine rings is 1. The largest absolute Gasteiger partial charge is 0.449 e. The van der Waals surface area contributed by atoms with Crippen molar-refractivity contribution in [2.75, 3.05) is 44.3 Å². The van der Waals surface area contributed by atoms with Crippen LogP contribution in [0.3, 0.4) is 0 Å².